The molecule has 0 unspecified atom stereocenters. The lowest BCUT2D eigenvalue weighted by Crippen LogP contribution is -2.30. The summed E-state index contributed by atoms with van der Waals surface area (Å²) in [7, 11) is 1.60. The number of halogens is 1. The van der Waals surface area contributed by atoms with E-state index in [-0.39, 0.29) is 25.4 Å². The molecule has 96 valence electrons. The molecule has 1 aromatic carbocycles. The number of hydrogen-bond acceptors (Lipinski definition) is 3. The van der Waals surface area contributed by atoms with Gasteiger partial charge in [0, 0.05) is 20.0 Å². The Balaban J connectivity index is 2.47. The number of nitrogens with zero attached hydrogens (tertiary/aromatic N) is 2. The molecule has 18 heavy (non-hydrogen) atoms. The number of hydrogen-bond donors (Lipinski definition) is 1. The standard InChI is InChI=1S/C12H13FN2O3/c1-14-9-3-2-8(13)6-10(9)15(7-12(17)18)5-4-11(14)16/h2-3,6H,4-5,7H2,1H3,(H,17,18). The minimum absolute atomic E-state index is 0.115. The van der Waals surface area contributed by atoms with E-state index in [1.54, 1.807) is 7.05 Å². The van der Waals surface area contributed by atoms with Gasteiger partial charge < -0.3 is 14.9 Å². The van der Waals surface area contributed by atoms with Crippen LogP contribution in [0.15, 0.2) is 18.2 Å². The smallest absolute Gasteiger partial charge is 0.323 e. The number of anilines is 2. The molecule has 0 aromatic heterocycles. The van der Waals surface area contributed by atoms with Crippen LogP contribution in [0.1, 0.15) is 6.42 Å². The molecule has 1 N–H and O–H groups in total. The monoisotopic (exact) mass is 252 g/mol. The van der Waals surface area contributed by atoms with E-state index in [2.05, 4.69) is 0 Å². The van der Waals surface area contributed by atoms with Gasteiger partial charge in [0.25, 0.3) is 0 Å². The number of benzene rings is 1. The normalized spacial score (nSPS) is 15.3. The van der Waals surface area contributed by atoms with Gasteiger partial charge in [0.05, 0.1) is 11.4 Å². The summed E-state index contributed by atoms with van der Waals surface area (Å²) in [6, 6.07) is 4.00. The van der Waals surface area contributed by atoms with Gasteiger partial charge >= 0.3 is 5.97 Å². The van der Waals surface area contributed by atoms with Crippen molar-refractivity contribution in [2.75, 3.05) is 29.9 Å². The maximum absolute atomic E-state index is 13.3. The highest BCUT2D eigenvalue weighted by Crippen LogP contribution is 2.32. The molecule has 1 heterocycles. The Labute approximate surface area is 103 Å². The fraction of sp³-hybridized carbons (Fsp3) is 0.333. The minimum Gasteiger partial charge on any atom is -0.480 e. The number of rotatable bonds is 2. The molecular weight excluding hydrogens is 239 g/mol. The van der Waals surface area contributed by atoms with Crippen LogP contribution in [0.4, 0.5) is 15.8 Å². The molecule has 1 aromatic rings. The first kappa shape index (κ1) is 12.3. The first-order chi connectivity index (χ1) is 8.49. The first-order valence-electron chi connectivity index (χ1n) is 5.52. The van der Waals surface area contributed by atoms with Gasteiger partial charge in [0.2, 0.25) is 5.91 Å². The van der Waals surface area contributed by atoms with Crippen molar-refractivity contribution in [2.45, 2.75) is 6.42 Å². The summed E-state index contributed by atoms with van der Waals surface area (Å²) in [5.41, 5.74) is 0.964. The summed E-state index contributed by atoms with van der Waals surface area (Å²) in [5, 5.41) is 8.85. The van der Waals surface area contributed by atoms with E-state index in [9.17, 15) is 14.0 Å². The third-order valence-electron chi connectivity index (χ3n) is 2.94. The summed E-state index contributed by atoms with van der Waals surface area (Å²) < 4.78 is 13.3. The van der Waals surface area contributed by atoms with Gasteiger partial charge in [-0.3, -0.25) is 9.59 Å². The molecule has 5 nitrogen and oxygen atoms in total. The third-order valence-corrected chi connectivity index (χ3v) is 2.94. The number of amides is 1. The van der Waals surface area contributed by atoms with Crippen LogP contribution in [0.3, 0.4) is 0 Å². The Morgan fingerprint density at radius 3 is 2.83 bits per heavy atom. The molecule has 0 bridgehead atoms. The SMILES string of the molecule is CN1C(=O)CCN(CC(=O)O)c2cc(F)ccc21. The molecule has 0 atom stereocenters. The number of carbonyl (C=O) groups is 2. The summed E-state index contributed by atoms with van der Waals surface area (Å²) in [5.74, 6) is -1.58. The number of carbonyl (C=O) groups excluding carboxylic acids is 1. The molecule has 0 aliphatic carbocycles. The highest BCUT2D eigenvalue weighted by atomic mass is 19.1. The Bertz CT molecular complexity index is 504. The molecule has 0 fully saturated rings. The summed E-state index contributed by atoms with van der Waals surface area (Å²) >= 11 is 0. The summed E-state index contributed by atoms with van der Waals surface area (Å²) in [4.78, 5) is 25.5. The molecule has 2 rings (SSSR count). The summed E-state index contributed by atoms with van der Waals surface area (Å²) in [6.45, 7) is 0.0174. The van der Waals surface area contributed by atoms with Gasteiger partial charge in [-0.1, -0.05) is 0 Å². The van der Waals surface area contributed by atoms with E-state index in [0.717, 1.165) is 0 Å². The lowest BCUT2D eigenvalue weighted by molar-refractivity contribution is -0.135. The maximum atomic E-state index is 13.3. The van der Waals surface area contributed by atoms with Crippen molar-refractivity contribution >= 4 is 23.3 Å². The van der Waals surface area contributed by atoms with Crippen molar-refractivity contribution in [3.05, 3.63) is 24.0 Å². The van der Waals surface area contributed by atoms with E-state index >= 15 is 0 Å². The van der Waals surface area contributed by atoms with E-state index in [4.69, 9.17) is 5.11 Å². The second-order valence-electron chi connectivity index (χ2n) is 4.15. The third kappa shape index (κ3) is 2.27. The van der Waals surface area contributed by atoms with Crippen molar-refractivity contribution < 1.29 is 19.1 Å². The molecule has 0 spiro atoms. The van der Waals surface area contributed by atoms with Crippen LogP contribution in [-0.4, -0.2) is 37.1 Å². The van der Waals surface area contributed by atoms with E-state index in [0.29, 0.717) is 11.4 Å². The Hall–Kier alpha value is -2.11. The zero-order chi connectivity index (χ0) is 13.3. The van der Waals surface area contributed by atoms with Crippen LogP contribution in [0.5, 0.6) is 0 Å². The highest BCUT2D eigenvalue weighted by Gasteiger charge is 2.25. The Kier molecular flexibility index (Phi) is 3.18. The zero-order valence-corrected chi connectivity index (χ0v) is 9.89. The van der Waals surface area contributed by atoms with Crippen LogP contribution in [0.2, 0.25) is 0 Å². The van der Waals surface area contributed by atoms with Crippen LogP contribution in [0, 0.1) is 5.82 Å². The van der Waals surface area contributed by atoms with Gasteiger partial charge in [-0.15, -0.1) is 0 Å². The predicted octanol–water partition coefficient (Wildman–Crippen LogP) is 1.08. The molecule has 0 saturated carbocycles. The Morgan fingerprint density at radius 2 is 2.17 bits per heavy atom. The summed E-state index contributed by atoms with van der Waals surface area (Å²) in [6.07, 6.45) is 0.208. The topological polar surface area (TPSA) is 60.9 Å². The molecular formula is C12H13FN2O3. The van der Waals surface area contributed by atoms with Gasteiger partial charge in [-0.05, 0) is 18.2 Å². The largest absolute Gasteiger partial charge is 0.480 e. The molecule has 1 aliphatic rings. The van der Waals surface area contributed by atoms with Crippen LogP contribution >= 0.6 is 0 Å². The second-order valence-corrected chi connectivity index (χ2v) is 4.15. The number of fused-ring (bicyclic) bond motifs is 1. The number of aliphatic carboxylic acids is 1. The fourth-order valence-corrected chi connectivity index (χ4v) is 2.01. The van der Waals surface area contributed by atoms with E-state index in [1.807, 2.05) is 0 Å². The molecule has 0 radical (unpaired) electrons. The van der Waals surface area contributed by atoms with Crippen molar-refractivity contribution in [2.24, 2.45) is 0 Å². The van der Waals surface area contributed by atoms with Crippen molar-refractivity contribution in [3.8, 4) is 0 Å². The molecule has 0 saturated heterocycles. The lowest BCUT2D eigenvalue weighted by atomic mass is 10.2. The van der Waals surface area contributed by atoms with Gasteiger partial charge in [0.15, 0.2) is 0 Å². The van der Waals surface area contributed by atoms with Crippen LogP contribution < -0.4 is 9.80 Å². The fourth-order valence-electron chi connectivity index (χ4n) is 2.01. The van der Waals surface area contributed by atoms with Gasteiger partial charge in [-0.25, -0.2) is 4.39 Å². The van der Waals surface area contributed by atoms with Crippen molar-refractivity contribution in [3.63, 3.8) is 0 Å². The minimum atomic E-state index is -1.01. The van der Waals surface area contributed by atoms with Crippen molar-refractivity contribution in [1.82, 2.24) is 0 Å². The average Bonchev–Trinajstić information content (AvgIpc) is 2.41. The molecule has 1 amide bonds. The van der Waals surface area contributed by atoms with E-state index in [1.165, 1.54) is 28.0 Å². The molecule has 6 heteroatoms. The number of carboxylic acids is 1. The Morgan fingerprint density at radius 1 is 1.44 bits per heavy atom. The van der Waals surface area contributed by atoms with E-state index < -0.39 is 11.8 Å². The lowest BCUT2D eigenvalue weighted by Gasteiger charge is -2.23. The average molecular weight is 252 g/mol. The first-order valence-corrected chi connectivity index (χ1v) is 5.52. The second kappa shape index (κ2) is 4.64. The predicted molar refractivity (Wildman–Crippen MR) is 64.3 cm³/mol. The highest BCUT2D eigenvalue weighted by molar-refractivity contribution is 5.98. The number of carboxylic acid groups (broad SMARTS) is 1. The maximum Gasteiger partial charge on any atom is 0.323 e. The quantitative estimate of drug-likeness (QED) is 0.855. The van der Waals surface area contributed by atoms with Gasteiger partial charge in [0.1, 0.15) is 12.4 Å². The van der Waals surface area contributed by atoms with Crippen LogP contribution in [0.25, 0.3) is 0 Å². The zero-order valence-electron chi connectivity index (χ0n) is 9.89. The van der Waals surface area contributed by atoms with Crippen molar-refractivity contribution in [1.29, 1.82) is 0 Å². The molecule has 1 aliphatic heterocycles. The van der Waals surface area contributed by atoms with Gasteiger partial charge in [-0.2, -0.15) is 0 Å². The van der Waals surface area contributed by atoms with Crippen LogP contribution in [-0.2, 0) is 9.59 Å².